The fraction of sp³-hybridized carbons (Fsp3) is 0.333. The van der Waals surface area contributed by atoms with E-state index in [1.807, 2.05) is 0 Å². The van der Waals surface area contributed by atoms with Gasteiger partial charge in [0.2, 0.25) is 11.8 Å². The number of carbonyl (C=O) groups is 3. The molecule has 3 aromatic rings. The van der Waals surface area contributed by atoms with Crippen LogP contribution in [0.15, 0.2) is 42.7 Å². The lowest BCUT2D eigenvalue weighted by atomic mass is 10.1. The molecule has 2 fully saturated rings. The molecule has 9 heteroatoms. The molecule has 1 aliphatic heterocycles. The second kappa shape index (κ2) is 8.26. The summed E-state index contributed by atoms with van der Waals surface area (Å²) >= 11 is 5.82. The number of amides is 2. The van der Waals surface area contributed by atoms with Gasteiger partial charge in [0.1, 0.15) is 24.1 Å². The van der Waals surface area contributed by atoms with Gasteiger partial charge in [0.25, 0.3) is 0 Å². The summed E-state index contributed by atoms with van der Waals surface area (Å²) in [7, 11) is 0. The van der Waals surface area contributed by atoms with Crippen LogP contribution in [-0.2, 0) is 22.7 Å². The number of piperidine rings is 1. The fourth-order valence-corrected chi connectivity index (χ4v) is 4.98. The van der Waals surface area contributed by atoms with Crippen molar-refractivity contribution in [3.63, 3.8) is 0 Å². The van der Waals surface area contributed by atoms with E-state index in [-0.39, 0.29) is 41.6 Å². The van der Waals surface area contributed by atoms with Crippen LogP contribution in [0.4, 0.5) is 4.39 Å². The number of aromatic nitrogens is 2. The zero-order valence-electron chi connectivity index (χ0n) is 17.9. The minimum atomic E-state index is -0.591. The molecule has 3 heterocycles. The number of ketones is 1. The lowest BCUT2D eigenvalue weighted by Crippen LogP contribution is -2.49. The van der Waals surface area contributed by atoms with Gasteiger partial charge in [-0.25, -0.2) is 9.37 Å². The molecule has 3 atom stereocenters. The van der Waals surface area contributed by atoms with E-state index in [9.17, 15) is 18.8 Å². The second-order valence-electron chi connectivity index (χ2n) is 8.68. The molecule has 0 bridgehead atoms. The highest BCUT2D eigenvalue weighted by Crippen LogP contribution is 2.49. The molecule has 1 aromatic carbocycles. The van der Waals surface area contributed by atoms with Crippen LogP contribution in [0.5, 0.6) is 0 Å². The molecule has 2 aromatic heterocycles. The number of fused-ring (bicyclic) bond motifs is 2. The summed E-state index contributed by atoms with van der Waals surface area (Å²) < 4.78 is 15.8. The molecule has 0 spiro atoms. The Morgan fingerprint density at radius 3 is 2.85 bits per heavy atom. The van der Waals surface area contributed by atoms with Gasteiger partial charge in [0.05, 0.1) is 5.02 Å². The predicted octanol–water partition coefficient (Wildman–Crippen LogP) is 3.19. The topological polar surface area (TPSA) is 84.3 Å². The summed E-state index contributed by atoms with van der Waals surface area (Å²) in [4.78, 5) is 44.2. The molecule has 0 radical (unpaired) electrons. The number of likely N-dealkylation sites (tertiary alicyclic amines) is 1. The van der Waals surface area contributed by atoms with E-state index in [0.29, 0.717) is 34.6 Å². The largest absolute Gasteiger partial charge is 0.350 e. The van der Waals surface area contributed by atoms with Crippen LogP contribution in [0.1, 0.15) is 29.3 Å². The van der Waals surface area contributed by atoms with E-state index < -0.39 is 11.9 Å². The summed E-state index contributed by atoms with van der Waals surface area (Å²) in [6.07, 6.45) is 4.16. The van der Waals surface area contributed by atoms with Gasteiger partial charge in [-0.2, -0.15) is 0 Å². The molecular weight excluding hydrogens is 447 g/mol. The van der Waals surface area contributed by atoms with E-state index in [1.54, 1.807) is 46.1 Å². The van der Waals surface area contributed by atoms with Crippen molar-refractivity contribution in [1.82, 2.24) is 19.8 Å². The van der Waals surface area contributed by atoms with E-state index in [0.717, 1.165) is 6.42 Å². The second-order valence-corrected chi connectivity index (χ2v) is 9.09. The first-order chi connectivity index (χ1) is 15.8. The zero-order valence-corrected chi connectivity index (χ0v) is 18.7. The van der Waals surface area contributed by atoms with Gasteiger partial charge in [0.15, 0.2) is 5.78 Å². The van der Waals surface area contributed by atoms with Crippen molar-refractivity contribution in [3.8, 4) is 0 Å². The number of rotatable bonds is 6. The first-order valence-corrected chi connectivity index (χ1v) is 11.2. The summed E-state index contributed by atoms with van der Waals surface area (Å²) in [6.45, 7) is 1.96. The maximum atomic E-state index is 14.2. The summed E-state index contributed by atoms with van der Waals surface area (Å²) in [5.41, 5.74) is 1.35. The van der Waals surface area contributed by atoms with Gasteiger partial charge in [-0.3, -0.25) is 14.4 Å². The van der Waals surface area contributed by atoms with Crippen LogP contribution >= 0.6 is 11.6 Å². The fourth-order valence-electron chi connectivity index (χ4n) is 4.79. The van der Waals surface area contributed by atoms with Crippen molar-refractivity contribution >= 4 is 40.2 Å². The number of nitrogens with zero attached hydrogens (tertiary/aromatic N) is 3. The molecule has 170 valence electrons. The van der Waals surface area contributed by atoms with Crippen molar-refractivity contribution in [2.24, 2.45) is 11.8 Å². The quantitative estimate of drug-likeness (QED) is 0.563. The Hall–Kier alpha value is -3.26. The Balaban J connectivity index is 1.32. The Labute approximate surface area is 194 Å². The van der Waals surface area contributed by atoms with E-state index in [2.05, 4.69) is 10.3 Å². The molecule has 1 saturated carbocycles. The standard InChI is InChI=1S/C24H22ClFN4O3/c1-13(31)18-11-29(23-16(18)5-3-7-27-23)12-20(32)30-10-15-8-17(15)22(30)24(33)28-9-14-4-2-6-19(25)21(14)26/h2-7,11,15,17,22H,8-10,12H2,1H3,(H,28,33)/t15-,17-,22+/m1/s1. The highest BCUT2D eigenvalue weighted by molar-refractivity contribution is 6.30. The number of Topliss-reactive ketones (excluding diaryl/α,β-unsaturated/α-hetero) is 1. The van der Waals surface area contributed by atoms with Crippen molar-refractivity contribution in [2.45, 2.75) is 32.5 Å². The maximum Gasteiger partial charge on any atom is 0.243 e. The van der Waals surface area contributed by atoms with Crippen molar-refractivity contribution in [3.05, 3.63) is 64.7 Å². The molecule has 2 amide bonds. The Morgan fingerprint density at radius 1 is 1.24 bits per heavy atom. The molecule has 1 saturated heterocycles. The highest BCUT2D eigenvalue weighted by atomic mass is 35.5. The average molecular weight is 469 g/mol. The van der Waals surface area contributed by atoms with Gasteiger partial charge in [-0.1, -0.05) is 23.7 Å². The third kappa shape index (κ3) is 3.88. The van der Waals surface area contributed by atoms with Gasteiger partial charge in [0, 0.05) is 42.0 Å². The van der Waals surface area contributed by atoms with E-state index in [4.69, 9.17) is 11.6 Å². The van der Waals surface area contributed by atoms with Crippen LogP contribution in [0, 0.1) is 17.7 Å². The smallest absolute Gasteiger partial charge is 0.243 e. The van der Waals surface area contributed by atoms with Gasteiger partial charge >= 0.3 is 0 Å². The van der Waals surface area contributed by atoms with Gasteiger partial charge in [-0.15, -0.1) is 0 Å². The monoisotopic (exact) mass is 468 g/mol. The van der Waals surface area contributed by atoms with Crippen LogP contribution in [0.2, 0.25) is 5.02 Å². The van der Waals surface area contributed by atoms with Crippen molar-refractivity contribution < 1.29 is 18.8 Å². The van der Waals surface area contributed by atoms with E-state index >= 15 is 0 Å². The normalized spacial score (nSPS) is 21.2. The third-order valence-electron chi connectivity index (χ3n) is 6.54. The van der Waals surface area contributed by atoms with Crippen LogP contribution < -0.4 is 5.32 Å². The first-order valence-electron chi connectivity index (χ1n) is 10.8. The van der Waals surface area contributed by atoms with E-state index in [1.165, 1.54) is 13.0 Å². The molecule has 7 nitrogen and oxygen atoms in total. The predicted molar refractivity (Wildman–Crippen MR) is 120 cm³/mol. The number of halogens is 2. The minimum Gasteiger partial charge on any atom is -0.350 e. The molecular formula is C24H22ClFN4O3. The third-order valence-corrected chi connectivity index (χ3v) is 6.83. The number of carbonyl (C=O) groups excluding carboxylic acids is 3. The van der Waals surface area contributed by atoms with Gasteiger partial charge < -0.3 is 14.8 Å². The molecule has 0 unspecified atom stereocenters. The molecule has 1 N–H and O–H groups in total. The molecule has 1 aliphatic carbocycles. The Morgan fingerprint density at radius 2 is 2.06 bits per heavy atom. The Bertz CT molecular complexity index is 1290. The average Bonchev–Trinajstić information content (AvgIpc) is 3.30. The summed E-state index contributed by atoms with van der Waals surface area (Å²) in [6, 6.07) is 7.60. The molecule has 2 aliphatic rings. The van der Waals surface area contributed by atoms with Crippen molar-refractivity contribution in [1.29, 1.82) is 0 Å². The number of hydrogen-bond acceptors (Lipinski definition) is 4. The van der Waals surface area contributed by atoms with Gasteiger partial charge in [-0.05, 0) is 43.4 Å². The van der Waals surface area contributed by atoms with Crippen LogP contribution in [0.25, 0.3) is 11.0 Å². The summed E-state index contributed by atoms with van der Waals surface area (Å²) in [5.74, 6) is -0.754. The number of pyridine rings is 1. The van der Waals surface area contributed by atoms with Crippen LogP contribution in [-0.4, -0.2) is 44.6 Å². The molecule has 5 rings (SSSR count). The summed E-state index contributed by atoms with van der Waals surface area (Å²) in [5, 5.41) is 3.46. The number of hydrogen-bond donors (Lipinski definition) is 1. The Kier molecular flexibility index (Phi) is 5.40. The molecule has 33 heavy (non-hydrogen) atoms. The van der Waals surface area contributed by atoms with Crippen LogP contribution in [0.3, 0.4) is 0 Å². The SMILES string of the molecule is CC(=O)c1cn(CC(=O)N2C[C@H]3C[C@H]3[C@H]2C(=O)NCc2cccc(Cl)c2F)c2ncccc12. The maximum absolute atomic E-state index is 14.2. The number of benzene rings is 1. The lowest BCUT2D eigenvalue weighted by Gasteiger charge is -2.27. The van der Waals surface area contributed by atoms with Crippen molar-refractivity contribution in [2.75, 3.05) is 6.54 Å². The first kappa shape index (κ1) is 21.6. The minimum absolute atomic E-state index is 0.000773. The number of nitrogens with one attached hydrogen (secondary N) is 1. The highest BCUT2D eigenvalue weighted by Gasteiger charge is 2.56. The lowest BCUT2D eigenvalue weighted by molar-refractivity contribution is -0.140. The zero-order chi connectivity index (χ0) is 23.3.